The molecule has 0 radical (unpaired) electrons. The third-order valence-corrected chi connectivity index (χ3v) is 4.87. The van der Waals surface area contributed by atoms with Crippen LogP contribution >= 0.6 is 12.6 Å². The molecule has 0 aliphatic heterocycles. The van der Waals surface area contributed by atoms with Crippen molar-refractivity contribution in [3.05, 3.63) is 0 Å². The Morgan fingerprint density at radius 2 is 1.52 bits per heavy atom. The van der Waals surface area contributed by atoms with E-state index in [1.165, 1.54) is 6.92 Å². The highest BCUT2D eigenvalue weighted by Gasteiger charge is 2.32. The molecule has 0 aromatic carbocycles. The molecule has 9 N–H and O–H groups in total. The zero-order valence-electron chi connectivity index (χ0n) is 18.3. The zero-order valence-corrected chi connectivity index (χ0v) is 19.2. The Balaban J connectivity index is 5.24. The van der Waals surface area contributed by atoms with Crippen LogP contribution in [0.5, 0.6) is 0 Å². The molecule has 0 spiro atoms. The lowest BCUT2D eigenvalue weighted by molar-refractivity contribution is -0.141. The zero-order chi connectivity index (χ0) is 24.1. The molecular formula is C19H37N5O6S. The number of aliphatic carboxylic acids is 1. The van der Waals surface area contributed by atoms with Crippen LogP contribution in [0.3, 0.4) is 0 Å². The highest BCUT2D eigenvalue weighted by atomic mass is 32.1. The Labute approximate surface area is 188 Å². The van der Waals surface area contributed by atoms with Gasteiger partial charge in [0.25, 0.3) is 0 Å². The van der Waals surface area contributed by atoms with Gasteiger partial charge >= 0.3 is 5.97 Å². The van der Waals surface area contributed by atoms with Crippen LogP contribution in [0.1, 0.15) is 46.5 Å². The largest absolute Gasteiger partial charge is 0.480 e. The minimum Gasteiger partial charge on any atom is -0.480 e. The number of carboxylic acids is 1. The molecule has 0 heterocycles. The predicted molar refractivity (Wildman–Crippen MR) is 119 cm³/mol. The number of rotatable bonds is 15. The van der Waals surface area contributed by atoms with Crippen LogP contribution < -0.4 is 27.4 Å². The molecule has 0 aliphatic rings. The Bertz CT molecular complexity index is 604. The molecule has 3 amide bonds. The number of hydrogen-bond donors (Lipinski definition) is 8. The lowest BCUT2D eigenvalue weighted by atomic mass is 10.0. The highest BCUT2D eigenvalue weighted by molar-refractivity contribution is 7.80. The van der Waals surface area contributed by atoms with Crippen molar-refractivity contribution >= 4 is 36.3 Å². The van der Waals surface area contributed by atoms with Gasteiger partial charge in [-0.15, -0.1) is 0 Å². The van der Waals surface area contributed by atoms with E-state index in [-0.39, 0.29) is 18.1 Å². The summed E-state index contributed by atoms with van der Waals surface area (Å²) >= 11 is 3.90. The SMILES string of the molecule is CC(C)CC(NC(=O)C(NC(=O)C(N)CCCCN)C(C)O)C(=O)NC(CS)C(=O)O. The monoisotopic (exact) mass is 463 g/mol. The fraction of sp³-hybridized carbons (Fsp3) is 0.789. The molecule has 0 saturated heterocycles. The number of nitrogens with two attached hydrogens (primary N) is 2. The van der Waals surface area contributed by atoms with E-state index in [4.69, 9.17) is 16.6 Å². The average Bonchev–Trinajstić information content (AvgIpc) is 2.68. The summed E-state index contributed by atoms with van der Waals surface area (Å²) in [5, 5.41) is 26.3. The van der Waals surface area contributed by atoms with E-state index >= 15 is 0 Å². The summed E-state index contributed by atoms with van der Waals surface area (Å²) in [7, 11) is 0. The second kappa shape index (κ2) is 15.0. The molecule has 0 aromatic rings. The fourth-order valence-electron chi connectivity index (χ4n) is 2.73. The van der Waals surface area contributed by atoms with E-state index in [0.717, 1.165) is 0 Å². The van der Waals surface area contributed by atoms with Gasteiger partial charge in [-0.05, 0) is 38.6 Å². The molecular weight excluding hydrogens is 426 g/mol. The van der Waals surface area contributed by atoms with Crippen molar-refractivity contribution < 1.29 is 29.4 Å². The van der Waals surface area contributed by atoms with Gasteiger partial charge in [-0.1, -0.05) is 20.3 Å². The average molecular weight is 464 g/mol. The first-order valence-corrected chi connectivity index (χ1v) is 11.0. The Kier molecular flexibility index (Phi) is 14.1. The minimum absolute atomic E-state index is 0.00844. The van der Waals surface area contributed by atoms with Crippen LogP contribution in [0.2, 0.25) is 0 Å². The number of thiol groups is 1. The lowest BCUT2D eigenvalue weighted by Crippen LogP contribution is -2.60. The van der Waals surface area contributed by atoms with E-state index in [1.54, 1.807) is 0 Å². The van der Waals surface area contributed by atoms with Gasteiger partial charge < -0.3 is 37.6 Å². The Morgan fingerprint density at radius 3 is 1.97 bits per heavy atom. The molecule has 0 bridgehead atoms. The number of carbonyl (C=O) groups is 4. The third kappa shape index (κ3) is 11.3. The number of carboxylic acid groups (broad SMARTS) is 1. The molecule has 0 aliphatic carbocycles. The minimum atomic E-state index is -1.34. The van der Waals surface area contributed by atoms with Gasteiger partial charge in [0.15, 0.2) is 0 Å². The first-order chi connectivity index (χ1) is 14.4. The van der Waals surface area contributed by atoms with Crippen molar-refractivity contribution in [3.8, 4) is 0 Å². The second-order valence-electron chi connectivity index (χ2n) is 7.89. The standard InChI is InChI=1S/C19H37N5O6S/c1-10(2)8-13(17(27)23-14(9-31)19(29)30)22-18(28)15(11(3)25)24-16(26)12(21)6-4-5-7-20/h10-15,25,31H,4-9,20-21H2,1-3H3,(H,22,28)(H,23,27)(H,24,26)(H,29,30). The Hall–Kier alpha value is -1.89. The predicted octanol–water partition coefficient (Wildman–Crippen LogP) is -1.66. The number of nitrogens with one attached hydrogen (secondary N) is 3. The number of aliphatic hydroxyl groups is 1. The van der Waals surface area contributed by atoms with Gasteiger partial charge in [0.1, 0.15) is 18.1 Å². The van der Waals surface area contributed by atoms with Crippen LogP contribution in [0.4, 0.5) is 0 Å². The van der Waals surface area contributed by atoms with Crippen molar-refractivity contribution in [1.29, 1.82) is 0 Å². The van der Waals surface area contributed by atoms with Gasteiger partial charge in [0, 0.05) is 5.75 Å². The molecule has 0 aromatic heterocycles. The molecule has 0 fully saturated rings. The third-order valence-electron chi connectivity index (χ3n) is 4.51. The molecule has 31 heavy (non-hydrogen) atoms. The maximum Gasteiger partial charge on any atom is 0.327 e. The summed E-state index contributed by atoms with van der Waals surface area (Å²) < 4.78 is 0. The van der Waals surface area contributed by atoms with E-state index in [9.17, 15) is 24.3 Å². The van der Waals surface area contributed by atoms with Gasteiger partial charge in [0.05, 0.1) is 12.1 Å². The smallest absolute Gasteiger partial charge is 0.327 e. The van der Waals surface area contributed by atoms with Crippen molar-refractivity contribution in [1.82, 2.24) is 16.0 Å². The number of amides is 3. The van der Waals surface area contributed by atoms with Gasteiger partial charge in [-0.3, -0.25) is 14.4 Å². The van der Waals surface area contributed by atoms with E-state index in [1.807, 2.05) is 13.8 Å². The quantitative estimate of drug-likeness (QED) is 0.104. The van der Waals surface area contributed by atoms with E-state index in [2.05, 4.69) is 28.6 Å². The highest BCUT2D eigenvalue weighted by Crippen LogP contribution is 2.07. The van der Waals surface area contributed by atoms with Crippen molar-refractivity contribution in [3.63, 3.8) is 0 Å². The first kappa shape index (κ1) is 29.1. The van der Waals surface area contributed by atoms with Gasteiger partial charge in [-0.2, -0.15) is 12.6 Å². The molecule has 0 saturated carbocycles. The molecule has 180 valence electrons. The molecule has 5 atom stereocenters. The van der Waals surface area contributed by atoms with E-state index in [0.29, 0.717) is 25.8 Å². The maximum atomic E-state index is 12.7. The van der Waals surface area contributed by atoms with Gasteiger partial charge in [-0.25, -0.2) is 4.79 Å². The lowest BCUT2D eigenvalue weighted by Gasteiger charge is -2.27. The number of unbranched alkanes of at least 4 members (excludes halogenated alkanes) is 1. The van der Waals surface area contributed by atoms with Crippen LogP contribution in [0, 0.1) is 5.92 Å². The fourth-order valence-corrected chi connectivity index (χ4v) is 2.97. The number of aliphatic hydroxyl groups excluding tert-OH is 1. The summed E-state index contributed by atoms with van der Waals surface area (Å²) in [5.41, 5.74) is 11.2. The summed E-state index contributed by atoms with van der Waals surface area (Å²) in [6.07, 6.45) is 0.679. The van der Waals surface area contributed by atoms with Gasteiger partial charge in [0.2, 0.25) is 17.7 Å². The number of hydrogen-bond acceptors (Lipinski definition) is 8. The van der Waals surface area contributed by atoms with Crippen molar-refractivity contribution in [2.75, 3.05) is 12.3 Å². The Morgan fingerprint density at radius 1 is 0.935 bits per heavy atom. The number of carbonyl (C=O) groups excluding carboxylic acids is 3. The topological polar surface area (TPSA) is 197 Å². The maximum absolute atomic E-state index is 12.7. The molecule has 12 heteroatoms. The van der Waals surface area contributed by atoms with E-state index < -0.39 is 54.0 Å². The summed E-state index contributed by atoms with van der Waals surface area (Å²) in [6, 6.07) is -4.50. The normalized spacial score (nSPS) is 16.0. The van der Waals surface area contributed by atoms with Crippen LogP contribution in [-0.2, 0) is 19.2 Å². The van der Waals surface area contributed by atoms with Crippen LogP contribution in [0.25, 0.3) is 0 Å². The molecule has 0 rings (SSSR count). The summed E-state index contributed by atoms with van der Waals surface area (Å²) in [5.74, 6) is -3.48. The van der Waals surface area contributed by atoms with Crippen molar-refractivity contribution in [2.24, 2.45) is 17.4 Å². The summed E-state index contributed by atoms with van der Waals surface area (Å²) in [6.45, 7) is 5.45. The summed E-state index contributed by atoms with van der Waals surface area (Å²) in [4.78, 5) is 48.7. The second-order valence-corrected chi connectivity index (χ2v) is 8.26. The molecule has 5 unspecified atom stereocenters. The van der Waals surface area contributed by atoms with Crippen molar-refractivity contribution in [2.45, 2.75) is 76.7 Å². The first-order valence-electron chi connectivity index (χ1n) is 10.3. The molecule has 11 nitrogen and oxygen atoms in total. The van der Waals surface area contributed by atoms with Crippen LogP contribution in [0.15, 0.2) is 0 Å². The van der Waals surface area contributed by atoms with Crippen LogP contribution in [-0.4, -0.2) is 76.5 Å².